The molecular formula is C11H15NO2. The Bertz CT molecular complexity index is 347. The molecule has 1 rings (SSSR count). The van der Waals surface area contributed by atoms with Crippen molar-refractivity contribution in [1.29, 1.82) is 0 Å². The summed E-state index contributed by atoms with van der Waals surface area (Å²) in [6, 6.07) is 3.07. The SMILES string of the molecule is C=C[C@H](N)c1c(O)cc(C)cc1OC. The lowest BCUT2D eigenvalue weighted by Crippen LogP contribution is -2.08. The number of hydrogen-bond donors (Lipinski definition) is 2. The molecule has 0 saturated carbocycles. The van der Waals surface area contributed by atoms with Crippen LogP contribution in [0.1, 0.15) is 17.2 Å². The average Bonchev–Trinajstić information content (AvgIpc) is 2.15. The number of methoxy groups -OCH3 is 1. The maximum Gasteiger partial charge on any atom is 0.127 e. The van der Waals surface area contributed by atoms with Crippen LogP contribution in [0, 0.1) is 6.92 Å². The molecule has 0 fully saturated rings. The number of hydrogen-bond acceptors (Lipinski definition) is 3. The lowest BCUT2D eigenvalue weighted by atomic mass is 10.0. The van der Waals surface area contributed by atoms with Crippen LogP contribution in [0.3, 0.4) is 0 Å². The van der Waals surface area contributed by atoms with Crippen LogP contribution < -0.4 is 10.5 Å². The van der Waals surface area contributed by atoms with Gasteiger partial charge in [-0.1, -0.05) is 6.08 Å². The first-order valence-corrected chi connectivity index (χ1v) is 4.35. The summed E-state index contributed by atoms with van der Waals surface area (Å²) in [5.41, 5.74) is 7.27. The number of rotatable bonds is 3. The van der Waals surface area contributed by atoms with Crippen LogP contribution in [0.4, 0.5) is 0 Å². The van der Waals surface area contributed by atoms with Crippen LogP contribution in [0.15, 0.2) is 24.8 Å². The molecule has 0 bridgehead atoms. The maximum atomic E-state index is 9.70. The molecule has 3 heteroatoms. The molecular weight excluding hydrogens is 178 g/mol. The molecule has 0 radical (unpaired) electrons. The summed E-state index contributed by atoms with van der Waals surface area (Å²) in [4.78, 5) is 0. The predicted octanol–water partition coefficient (Wildman–Crippen LogP) is 1.90. The molecule has 0 unspecified atom stereocenters. The van der Waals surface area contributed by atoms with Gasteiger partial charge in [-0.05, 0) is 24.6 Å². The summed E-state index contributed by atoms with van der Waals surface area (Å²) in [6.45, 7) is 5.46. The lowest BCUT2D eigenvalue weighted by molar-refractivity contribution is 0.397. The molecule has 3 N–H and O–H groups in total. The number of aromatic hydroxyl groups is 1. The van der Waals surface area contributed by atoms with Crippen molar-refractivity contribution in [1.82, 2.24) is 0 Å². The van der Waals surface area contributed by atoms with E-state index in [0.717, 1.165) is 5.56 Å². The normalized spacial score (nSPS) is 12.2. The van der Waals surface area contributed by atoms with Gasteiger partial charge in [0.25, 0.3) is 0 Å². The second-order valence-electron chi connectivity index (χ2n) is 3.16. The monoisotopic (exact) mass is 193 g/mol. The number of phenols is 1. The Morgan fingerprint density at radius 3 is 2.71 bits per heavy atom. The van der Waals surface area contributed by atoms with Gasteiger partial charge in [-0.2, -0.15) is 0 Å². The van der Waals surface area contributed by atoms with Gasteiger partial charge in [-0.25, -0.2) is 0 Å². The summed E-state index contributed by atoms with van der Waals surface area (Å²) in [5, 5.41) is 9.70. The van der Waals surface area contributed by atoms with Crippen LogP contribution in [0.2, 0.25) is 0 Å². The zero-order valence-corrected chi connectivity index (χ0v) is 8.45. The Hall–Kier alpha value is -1.48. The average molecular weight is 193 g/mol. The third-order valence-corrected chi connectivity index (χ3v) is 2.07. The molecule has 0 aromatic heterocycles. The second-order valence-corrected chi connectivity index (χ2v) is 3.16. The first-order chi connectivity index (χ1) is 6.60. The first kappa shape index (κ1) is 10.6. The van der Waals surface area contributed by atoms with Crippen LogP contribution in [0.5, 0.6) is 11.5 Å². The van der Waals surface area contributed by atoms with Gasteiger partial charge in [0.15, 0.2) is 0 Å². The third-order valence-electron chi connectivity index (χ3n) is 2.07. The molecule has 0 aliphatic carbocycles. The van der Waals surface area contributed by atoms with Crippen molar-refractivity contribution < 1.29 is 9.84 Å². The quantitative estimate of drug-likeness (QED) is 0.721. The van der Waals surface area contributed by atoms with Gasteiger partial charge in [0.1, 0.15) is 11.5 Å². The zero-order chi connectivity index (χ0) is 10.7. The Morgan fingerprint density at radius 1 is 1.57 bits per heavy atom. The summed E-state index contributed by atoms with van der Waals surface area (Å²) >= 11 is 0. The van der Waals surface area contributed by atoms with Crippen molar-refractivity contribution in [3.05, 3.63) is 35.9 Å². The van der Waals surface area contributed by atoms with Crippen molar-refractivity contribution in [2.75, 3.05) is 7.11 Å². The van der Waals surface area contributed by atoms with E-state index in [0.29, 0.717) is 11.3 Å². The number of benzene rings is 1. The molecule has 14 heavy (non-hydrogen) atoms. The summed E-state index contributed by atoms with van der Waals surface area (Å²) < 4.78 is 5.14. The molecule has 0 saturated heterocycles. The lowest BCUT2D eigenvalue weighted by Gasteiger charge is -2.14. The number of phenolic OH excluding ortho intramolecular Hbond substituents is 1. The fraction of sp³-hybridized carbons (Fsp3) is 0.273. The van der Waals surface area contributed by atoms with E-state index in [-0.39, 0.29) is 5.75 Å². The highest BCUT2D eigenvalue weighted by atomic mass is 16.5. The first-order valence-electron chi connectivity index (χ1n) is 4.35. The molecule has 0 spiro atoms. The molecule has 0 heterocycles. The van der Waals surface area contributed by atoms with Crippen LogP contribution >= 0.6 is 0 Å². The highest BCUT2D eigenvalue weighted by Crippen LogP contribution is 2.33. The van der Waals surface area contributed by atoms with E-state index in [1.807, 2.05) is 13.0 Å². The highest BCUT2D eigenvalue weighted by molar-refractivity contribution is 5.49. The second kappa shape index (κ2) is 4.15. The Kier molecular flexibility index (Phi) is 3.14. The minimum Gasteiger partial charge on any atom is -0.507 e. The minimum atomic E-state index is -0.412. The molecule has 1 atom stereocenters. The topological polar surface area (TPSA) is 55.5 Å². The van der Waals surface area contributed by atoms with E-state index in [4.69, 9.17) is 10.5 Å². The van der Waals surface area contributed by atoms with E-state index < -0.39 is 6.04 Å². The Balaban J connectivity index is 3.31. The highest BCUT2D eigenvalue weighted by Gasteiger charge is 2.14. The summed E-state index contributed by atoms with van der Waals surface area (Å²) in [6.07, 6.45) is 1.56. The maximum absolute atomic E-state index is 9.70. The molecule has 0 aliphatic heterocycles. The third kappa shape index (κ3) is 1.88. The smallest absolute Gasteiger partial charge is 0.127 e. The van der Waals surface area contributed by atoms with Crippen LogP contribution in [0.25, 0.3) is 0 Å². The largest absolute Gasteiger partial charge is 0.507 e. The van der Waals surface area contributed by atoms with Crippen molar-refractivity contribution in [3.8, 4) is 11.5 Å². The standard InChI is InChI=1S/C11H15NO2/c1-4-8(12)11-9(13)5-7(2)6-10(11)14-3/h4-6,8,13H,1,12H2,2-3H3/t8-/m0/s1. The van der Waals surface area contributed by atoms with E-state index in [1.165, 1.54) is 0 Å². The van der Waals surface area contributed by atoms with Gasteiger partial charge in [0.2, 0.25) is 0 Å². The fourth-order valence-corrected chi connectivity index (χ4v) is 1.37. The van der Waals surface area contributed by atoms with Gasteiger partial charge in [0, 0.05) is 0 Å². The summed E-state index contributed by atoms with van der Waals surface area (Å²) in [5.74, 6) is 0.740. The van der Waals surface area contributed by atoms with Gasteiger partial charge in [0.05, 0.1) is 18.7 Å². The molecule has 1 aromatic rings. The molecule has 0 amide bonds. The van der Waals surface area contributed by atoms with E-state index in [1.54, 1.807) is 19.3 Å². The van der Waals surface area contributed by atoms with Crippen molar-refractivity contribution in [2.24, 2.45) is 5.73 Å². The summed E-state index contributed by atoms with van der Waals surface area (Å²) in [7, 11) is 1.55. The van der Waals surface area contributed by atoms with Gasteiger partial charge >= 0.3 is 0 Å². The molecule has 3 nitrogen and oxygen atoms in total. The van der Waals surface area contributed by atoms with Crippen molar-refractivity contribution in [3.63, 3.8) is 0 Å². The van der Waals surface area contributed by atoms with Crippen LogP contribution in [-0.2, 0) is 0 Å². The van der Waals surface area contributed by atoms with Gasteiger partial charge in [-0.15, -0.1) is 6.58 Å². The van der Waals surface area contributed by atoms with Gasteiger partial charge in [-0.3, -0.25) is 0 Å². The van der Waals surface area contributed by atoms with E-state index >= 15 is 0 Å². The molecule has 1 aromatic carbocycles. The van der Waals surface area contributed by atoms with Crippen molar-refractivity contribution >= 4 is 0 Å². The zero-order valence-electron chi connectivity index (χ0n) is 8.45. The Morgan fingerprint density at radius 2 is 2.21 bits per heavy atom. The number of nitrogens with two attached hydrogens (primary N) is 1. The fourth-order valence-electron chi connectivity index (χ4n) is 1.37. The predicted molar refractivity (Wildman–Crippen MR) is 56.5 cm³/mol. The molecule has 76 valence electrons. The number of ether oxygens (including phenoxy) is 1. The molecule has 0 aliphatic rings. The van der Waals surface area contributed by atoms with Crippen LogP contribution in [-0.4, -0.2) is 12.2 Å². The van der Waals surface area contributed by atoms with E-state index in [9.17, 15) is 5.11 Å². The van der Waals surface area contributed by atoms with Gasteiger partial charge < -0.3 is 15.6 Å². The van der Waals surface area contributed by atoms with E-state index in [2.05, 4.69) is 6.58 Å². The number of aryl methyl sites for hydroxylation is 1. The van der Waals surface area contributed by atoms with Crippen molar-refractivity contribution in [2.45, 2.75) is 13.0 Å². The Labute approximate surface area is 83.8 Å². The minimum absolute atomic E-state index is 0.147.